The molecule has 2 aromatic rings. The van der Waals surface area contributed by atoms with Crippen molar-refractivity contribution >= 4 is 20.4 Å². The van der Waals surface area contributed by atoms with Crippen molar-refractivity contribution in [3.8, 4) is 0 Å². The number of hydrogen-bond acceptors (Lipinski definition) is 3. The van der Waals surface area contributed by atoms with E-state index in [1.807, 2.05) is 0 Å². The van der Waals surface area contributed by atoms with Crippen molar-refractivity contribution in [2.45, 2.75) is 20.8 Å². The van der Waals surface area contributed by atoms with Crippen LogP contribution in [0, 0.1) is 5.82 Å². The molecular weight excluding hydrogens is 413 g/mol. The zero-order valence-electron chi connectivity index (χ0n) is 12.4. The summed E-state index contributed by atoms with van der Waals surface area (Å²) in [6.07, 6.45) is 0. The Labute approximate surface area is 145 Å². The minimum absolute atomic E-state index is 0.539. The third-order valence-corrected chi connectivity index (χ3v) is 7.65. The van der Waals surface area contributed by atoms with Gasteiger partial charge in [0.25, 0.3) is 0 Å². The van der Waals surface area contributed by atoms with E-state index in [4.69, 9.17) is 0 Å². The van der Waals surface area contributed by atoms with Crippen LogP contribution in [0.3, 0.4) is 0 Å². The molecule has 1 atom stereocenters. The molecule has 0 aliphatic rings. The molecule has 0 heterocycles. The summed E-state index contributed by atoms with van der Waals surface area (Å²) in [5.41, 5.74) is -11.6. The lowest BCUT2D eigenvalue weighted by molar-refractivity contribution is -0.0551. The standard InChI is InChI=1S/C14H9F7O3S2/c15-10-6-8-12(9-7-10)25(13(16,17)18,11-4-2-1-3-5-11)24-26(22,23)14(19,20)21/h1-9H. The summed E-state index contributed by atoms with van der Waals surface area (Å²) >= 11 is 0. The Morgan fingerprint density at radius 2 is 1.15 bits per heavy atom. The zero-order chi connectivity index (χ0) is 19.8. The van der Waals surface area contributed by atoms with Crippen molar-refractivity contribution in [2.24, 2.45) is 0 Å². The Morgan fingerprint density at radius 3 is 1.58 bits per heavy atom. The van der Waals surface area contributed by atoms with Gasteiger partial charge >= 0.3 is 21.1 Å². The molecule has 2 rings (SSSR count). The van der Waals surface area contributed by atoms with E-state index >= 15 is 0 Å². The molecule has 1 unspecified atom stereocenters. The molecule has 0 amide bonds. The van der Waals surface area contributed by atoms with Crippen LogP contribution in [0.15, 0.2) is 64.4 Å². The maximum absolute atomic E-state index is 14.0. The maximum atomic E-state index is 14.0. The first-order chi connectivity index (χ1) is 11.8. The van der Waals surface area contributed by atoms with Gasteiger partial charge in [-0.15, -0.1) is 0 Å². The molecule has 3 nitrogen and oxygen atoms in total. The lowest BCUT2D eigenvalue weighted by atomic mass is 10.3. The summed E-state index contributed by atoms with van der Waals surface area (Å²) in [6, 6.07) is 7.23. The van der Waals surface area contributed by atoms with Gasteiger partial charge in [0.15, 0.2) is 0 Å². The molecule has 26 heavy (non-hydrogen) atoms. The van der Waals surface area contributed by atoms with Crippen LogP contribution in [0.2, 0.25) is 0 Å². The molecule has 0 saturated heterocycles. The summed E-state index contributed by atoms with van der Waals surface area (Å²) in [6.45, 7) is 0. The van der Waals surface area contributed by atoms with Gasteiger partial charge in [-0.2, -0.15) is 38.4 Å². The summed E-state index contributed by atoms with van der Waals surface area (Å²) in [5, 5.41) is 0. The fourth-order valence-corrected chi connectivity index (χ4v) is 6.12. The van der Waals surface area contributed by atoms with E-state index in [9.17, 15) is 39.2 Å². The Hall–Kier alpha value is -1.79. The van der Waals surface area contributed by atoms with E-state index < -0.39 is 47.1 Å². The number of alkyl halides is 6. The average Bonchev–Trinajstić information content (AvgIpc) is 2.52. The Balaban J connectivity index is 2.85. The first-order valence-corrected chi connectivity index (χ1v) is 9.50. The highest BCUT2D eigenvalue weighted by molar-refractivity contribution is 8.33. The second-order valence-corrected chi connectivity index (χ2v) is 9.17. The predicted molar refractivity (Wildman–Crippen MR) is 79.1 cm³/mol. The van der Waals surface area contributed by atoms with Gasteiger partial charge in [0.05, 0.1) is 0 Å². The van der Waals surface area contributed by atoms with Crippen LogP contribution in [0.5, 0.6) is 0 Å². The van der Waals surface area contributed by atoms with E-state index in [0.29, 0.717) is 24.3 Å². The summed E-state index contributed by atoms with van der Waals surface area (Å²) in [7, 11) is -11.8. The van der Waals surface area contributed by atoms with Crippen molar-refractivity contribution in [1.82, 2.24) is 0 Å². The fourth-order valence-electron chi connectivity index (χ4n) is 1.93. The van der Waals surface area contributed by atoms with Crippen molar-refractivity contribution in [3.63, 3.8) is 0 Å². The molecule has 0 fully saturated rings. The van der Waals surface area contributed by atoms with Crippen LogP contribution in [0.1, 0.15) is 0 Å². The van der Waals surface area contributed by atoms with Crippen LogP contribution in [0.25, 0.3) is 0 Å². The first-order valence-electron chi connectivity index (χ1n) is 6.54. The number of hydrogen-bond donors (Lipinski definition) is 0. The van der Waals surface area contributed by atoms with E-state index in [1.165, 1.54) is 6.07 Å². The van der Waals surface area contributed by atoms with Gasteiger partial charge < -0.3 is 0 Å². The zero-order valence-corrected chi connectivity index (χ0v) is 14.0. The molecule has 144 valence electrons. The minimum Gasteiger partial charge on any atom is -0.207 e. The van der Waals surface area contributed by atoms with Crippen molar-refractivity contribution in [3.05, 3.63) is 60.4 Å². The van der Waals surface area contributed by atoms with E-state index in [1.54, 1.807) is 0 Å². The third kappa shape index (κ3) is 3.67. The van der Waals surface area contributed by atoms with E-state index in [2.05, 4.69) is 3.63 Å². The van der Waals surface area contributed by atoms with Gasteiger partial charge in [0.2, 0.25) is 0 Å². The van der Waals surface area contributed by atoms with Gasteiger partial charge in [0, 0.05) is 20.1 Å². The van der Waals surface area contributed by atoms with Gasteiger partial charge in [-0.3, -0.25) is 0 Å². The molecule has 0 bridgehead atoms. The average molecular weight is 422 g/mol. The quantitative estimate of drug-likeness (QED) is 0.493. The second-order valence-electron chi connectivity index (χ2n) is 4.74. The van der Waals surface area contributed by atoms with Crippen LogP contribution in [0.4, 0.5) is 30.7 Å². The third-order valence-electron chi connectivity index (χ3n) is 3.02. The highest BCUT2D eigenvalue weighted by Gasteiger charge is 2.61. The summed E-state index contributed by atoms with van der Waals surface area (Å²) in [4.78, 5) is -1.79. The first kappa shape index (κ1) is 20.5. The normalized spacial score (nSPS) is 16.7. The smallest absolute Gasteiger partial charge is 0.207 e. The van der Waals surface area contributed by atoms with Gasteiger partial charge in [-0.25, -0.2) is 4.39 Å². The largest absolute Gasteiger partial charge is 0.523 e. The van der Waals surface area contributed by atoms with Crippen molar-refractivity contribution in [2.75, 3.05) is 0 Å². The monoisotopic (exact) mass is 422 g/mol. The van der Waals surface area contributed by atoms with Crippen molar-refractivity contribution < 1.29 is 42.8 Å². The predicted octanol–water partition coefficient (Wildman–Crippen LogP) is 5.35. The van der Waals surface area contributed by atoms with Crippen LogP contribution in [-0.4, -0.2) is 19.4 Å². The van der Waals surface area contributed by atoms with Crippen LogP contribution in [-0.2, 0) is 13.7 Å². The highest BCUT2D eigenvalue weighted by atomic mass is 32.3. The topological polar surface area (TPSA) is 43.4 Å². The molecule has 0 aliphatic carbocycles. The second kappa shape index (κ2) is 6.74. The summed E-state index contributed by atoms with van der Waals surface area (Å²) < 4.78 is 120. The molecule has 0 radical (unpaired) electrons. The number of benzene rings is 2. The minimum atomic E-state index is -6.62. The summed E-state index contributed by atoms with van der Waals surface area (Å²) in [5.74, 6) is -0.962. The Kier molecular flexibility index (Phi) is 5.32. The Morgan fingerprint density at radius 1 is 0.692 bits per heavy atom. The van der Waals surface area contributed by atoms with Crippen molar-refractivity contribution in [1.29, 1.82) is 0 Å². The van der Waals surface area contributed by atoms with E-state index in [0.717, 1.165) is 24.3 Å². The lowest BCUT2D eigenvalue weighted by Gasteiger charge is -2.39. The van der Waals surface area contributed by atoms with Gasteiger partial charge in [0.1, 0.15) is 5.82 Å². The molecule has 0 N–H and O–H groups in total. The molecule has 0 aliphatic heterocycles. The fraction of sp³-hybridized carbons (Fsp3) is 0.143. The molecular formula is C14H9F7O3S2. The van der Waals surface area contributed by atoms with Crippen LogP contribution >= 0.6 is 10.3 Å². The SMILES string of the molecule is O=S(=O)(OS(c1ccccc1)(c1ccc(F)cc1)C(F)(F)F)C(F)(F)F. The maximum Gasteiger partial charge on any atom is 0.523 e. The van der Waals surface area contributed by atoms with Gasteiger partial charge in [-0.05, 0) is 36.4 Å². The molecule has 12 heteroatoms. The molecule has 0 aromatic heterocycles. The molecule has 0 spiro atoms. The van der Waals surface area contributed by atoms with Crippen LogP contribution < -0.4 is 0 Å². The highest BCUT2D eigenvalue weighted by Crippen LogP contribution is 2.74. The number of halogens is 7. The van der Waals surface area contributed by atoms with E-state index in [-0.39, 0.29) is 0 Å². The Bertz CT molecular complexity index is 862. The molecule has 0 saturated carbocycles. The number of rotatable bonds is 4. The molecule has 2 aromatic carbocycles. The lowest BCUT2D eigenvalue weighted by Crippen LogP contribution is -2.32. The van der Waals surface area contributed by atoms with Gasteiger partial charge in [-0.1, -0.05) is 18.2 Å².